The molecule has 0 atom stereocenters. The summed E-state index contributed by atoms with van der Waals surface area (Å²) >= 11 is 13.9. The van der Waals surface area contributed by atoms with E-state index in [9.17, 15) is 4.39 Å². The van der Waals surface area contributed by atoms with Crippen molar-refractivity contribution >= 4 is 34.5 Å². The van der Waals surface area contributed by atoms with Crippen molar-refractivity contribution < 1.29 is 4.39 Å². The quantitative estimate of drug-likeness (QED) is 0.737. The van der Waals surface area contributed by atoms with Gasteiger partial charge in [0.1, 0.15) is 5.82 Å². The average molecular weight is 318 g/mol. The van der Waals surface area contributed by atoms with Crippen LogP contribution in [-0.2, 0) is 11.8 Å². The molecule has 1 nitrogen and oxygen atoms in total. The number of hydrogen-bond donors (Lipinski definition) is 0. The van der Waals surface area contributed by atoms with Gasteiger partial charge in [-0.15, -0.1) is 34.5 Å². The summed E-state index contributed by atoms with van der Waals surface area (Å²) in [5, 5.41) is 3.01. The minimum absolute atomic E-state index is 0.258. The van der Waals surface area contributed by atoms with E-state index in [0.717, 1.165) is 16.3 Å². The average Bonchev–Trinajstić information content (AvgIpc) is 2.82. The highest BCUT2D eigenvalue weighted by atomic mass is 35.5. The zero-order valence-electron chi connectivity index (χ0n) is 10.5. The number of nitrogens with zero attached hydrogens (tertiary/aromatic N) is 1. The van der Waals surface area contributed by atoms with Crippen LogP contribution in [0.2, 0.25) is 0 Å². The van der Waals surface area contributed by atoms with E-state index in [2.05, 4.69) is 4.98 Å². The van der Waals surface area contributed by atoms with Crippen LogP contribution < -0.4 is 0 Å². The lowest BCUT2D eigenvalue weighted by molar-refractivity contribution is 0.532. The summed E-state index contributed by atoms with van der Waals surface area (Å²) < 4.78 is 13.0. The number of aryl methyl sites for hydroxylation is 1. The van der Waals surface area contributed by atoms with Gasteiger partial charge in [0.15, 0.2) is 0 Å². The molecule has 0 spiro atoms. The molecule has 5 heteroatoms. The third-order valence-corrected chi connectivity index (χ3v) is 5.11. The topological polar surface area (TPSA) is 12.9 Å². The molecular formula is C14H14Cl2FNS. The van der Waals surface area contributed by atoms with Crippen molar-refractivity contribution in [3.05, 3.63) is 51.7 Å². The monoisotopic (exact) mass is 317 g/mol. The number of halogens is 3. The Kier molecular flexibility index (Phi) is 4.82. The molecule has 1 aromatic carbocycles. The fourth-order valence-corrected chi connectivity index (χ4v) is 3.66. The molecule has 0 saturated heterocycles. The first-order valence-electron chi connectivity index (χ1n) is 5.88. The zero-order chi connectivity index (χ0) is 13.9. The molecule has 0 bridgehead atoms. The van der Waals surface area contributed by atoms with Crippen molar-refractivity contribution in [1.82, 2.24) is 4.98 Å². The molecule has 0 radical (unpaired) electrons. The Morgan fingerprint density at radius 1 is 1.21 bits per heavy atom. The van der Waals surface area contributed by atoms with Gasteiger partial charge in [-0.3, -0.25) is 0 Å². The number of aromatic nitrogens is 1. The maximum atomic E-state index is 13.0. The molecule has 19 heavy (non-hydrogen) atoms. The highest BCUT2D eigenvalue weighted by Gasteiger charge is 2.32. The Bertz CT molecular complexity index is 535. The summed E-state index contributed by atoms with van der Waals surface area (Å²) in [6.07, 6.45) is 0.671. The van der Waals surface area contributed by atoms with E-state index in [1.807, 2.05) is 12.3 Å². The van der Waals surface area contributed by atoms with Gasteiger partial charge in [0.2, 0.25) is 0 Å². The van der Waals surface area contributed by atoms with Gasteiger partial charge >= 0.3 is 0 Å². The maximum Gasteiger partial charge on any atom is 0.123 e. The lowest BCUT2D eigenvalue weighted by atomic mass is 9.81. The van der Waals surface area contributed by atoms with Crippen molar-refractivity contribution in [2.24, 2.45) is 0 Å². The van der Waals surface area contributed by atoms with Crippen LogP contribution in [0.25, 0.3) is 0 Å². The van der Waals surface area contributed by atoms with E-state index in [0.29, 0.717) is 18.2 Å². The molecular weight excluding hydrogens is 304 g/mol. The molecule has 0 saturated carbocycles. The summed E-state index contributed by atoms with van der Waals surface area (Å²) in [6, 6.07) is 6.38. The SMILES string of the molecule is Cc1csc(CC(CCl)(CCl)c2ccc(F)cc2)n1. The van der Waals surface area contributed by atoms with Crippen molar-refractivity contribution in [3.8, 4) is 0 Å². The summed E-state index contributed by atoms with van der Waals surface area (Å²) in [7, 11) is 0. The fourth-order valence-electron chi connectivity index (χ4n) is 1.96. The van der Waals surface area contributed by atoms with Gasteiger partial charge in [0.25, 0.3) is 0 Å². The Balaban J connectivity index is 2.33. The first-order valence-corrected chi connectivity index (χ1v) is 7.83. The molecule has 0 aliphatic heterocycles. The van der Waals surface area contributed by atoms with Crippen LogP contribution in [0, 0.1) is 12.7 Å². The molecule has 2 rings (SSSR count). The highest BCUT2D eigenvalue weighted by molar-refractivity contribution is 7.09. The normalized spacial score (nSPS) is 11.8. The Labute approximate surface area is 126 Å². The summed E-state index contributed by atoms with van der Waals surface area (Å²) in [6.45, 7) is 1.96. The smallest absolute Gasteiger partial charge is 0.123 e. The van der Waals surface area contributed by atoms with Crippen LogP contribution in [0.5, 0.6) is 0 Å². The van der Waals surface area contributed by atoms with Crippen LogP contribution in [0.4, 0.5) is 4.39 Å². The maximum absolute atomic E-state index is 13.0. The number of hydrogen-bond acceptors (Lipinski definition) is 2. The first kappa shape index (κ1) is 14.8. The first-order chi connectivity index (χ1) is 9.09. The number of thiazole rings is 1. The van der Waals surface area contributed by atoms with E-state index in [4.69, 9.17) is 23.2 Å². The lowest BCUT2D eigenvalue weighted by Crippen LogP contribution is -2.33. The van der Waals surface area contributed by atoms with E-state index in [1.54, 1.807) is 23.5 Å². The fraction of sp³-hybridized carbons (Fsp3) is 0.357. The largest absolute Gasteiger partial charge is 0.247 e. The lowest BCUT2D eigenvalue weighted by Gasteiger charge is -2.29. The van der Waals surface area contributed by atoms with E-state index in [-0.39, 0.29) is 5.82 Å². The molecule has 1 aromatic heterocycles. The van der Waals surface area contributed by atoms with Crippen LogP contribution >= 0.6 is 34.5 Å². The van der Waals surface area contributed by atoms with E-state index in [1.165, 1.54) is 12.1 Å². The van der Waals surface area contributed by atoms with Gasteiger partial charge < -0.3 is 0 Å². The Hall–Kier alpha value is -0.640. The Morgan fingerprint density at radius 3 is 2.32 bits per heavy atom. The molecule has 0 amide bonds. The third kappa shape index (κ3) is 3.28. The molecule has 0 fully saturated rings. The van der Waals surface area contributed by atoms with E-state index >= 15 is 0 Å². The number of benzene rings is 1. The predicted octanol–water partition coefficient (Wildman–Crippen LogP) is 4.55. The van der Waals surface area contributed by atoms with Gasteiger partial charge in [0, 0.05) is 34.7 Å². The van der Waals surface area contributed by atoms with Crippen molar-refractivity contribution in [1.29, 1.82) is 0 Å². The molecule has 0 unspecified atom stereocenters. The molecule has 0 N–H and O–H groups in total. The minimum atomic E-state index is -0.402. The highest BCUT2D eigenvalue weighted by Crippen LogP contribution is 2.32. The standard InChI is InChI=1S/C14H14Cl2FNS/c1-10-7-19-13(18-10)6-14(8-15,9-16)11-2-4-12(17)5-3-11/h2-5,7H,6,8-9H2,1H3. The van der Waals surface area contributed by atoms with Gasteiger partial charge in [-0.25, -0.2) is 9.37 Å². The molecule has 2 aromatic rings. The Morgan fingerprint density at radius 2 is 1.84 bits per heavy atom. The van der Waals surface area contributed by atoms with Crippen LogP contribution in [0.15, 0.2) is 29.6 Å². The molecule has 0 aliphatic carbocycles. The van der Waals surface area contributed by atoms with Crippen molar-refractivity contribution in [3.63, 3.8) is 0 Å². The van der Waals surface area contributed by atoms with Gasteiger partial charge in [0.05, 0.1) is 5.01 Å². The molecule has 102 valence electrons. The van der Waals surface area contributed by atoms with Crippen molar-refractivity contribution in [2.45, 2.75) is 18.8 Å². The van der Waals surface area contributed by atoms with Gasteiger partial charge in [-0.05, 0) is 24.6 Å². The summed E-state index contributed by atoms with van der Waals surface area (Å²) in [5.41, 5.74) is 1.55. The van der Waals surface area contributed by atoms with Crippen LogP contribution in [-0.4, -0.2) is 16.7 Å². The van der Waals surface area contributed by atoms with Crippen LogP contribution in [0.1, 0.15) is 16.3 Å². The molecule has 1 heterocycles. The second-order valence-electron chi connectivity index (χ2n) is 4.61. The predicted molar refractivity (Wildman–Crippen MR) is 80.1 cm³/mol. The summed E-state index contributed by atoms with van der Waals surface area (Å²) in [4.78, 5) is 4.46. The van der Waals surface area contributed by atoms with Crippen LogP contribution in [0.3, 0.4) is 0 Å². The molecule has 0 aliphatic rings. The minimum Gasteiger partial charge on any atom is -0.247 e. The third-order valence-electron chi connectivity index (χ3n) is 3.12. The van der Waals surface area contributed by atoms with Gasteiger partial charge in [-0.2, -0.15) is 0 Å². The van der Waals surface area contributed by atoms with Crippen molar-refractivity contribution in [2.75, 3.05) is 11.8 Å². The summed E-state index contributed by atoms with van der Waals surface area (Å²) in [5.74, 6) is 0.494. The van der Waals surface area contributed by atoms with E-state index < -0.39 is 5.41 Å². The van der Waals surface area contributed by atoms with Gasteiger partial charge in [-0.1, -0.05) is 12.1 Å². The second kappa shape index (κ2) is 6.21. The number of rotatable bonds is 5. The number of alkyl halides is 2. The second-order valence-corrected chi connectivity index (χ2v) is 6.09. The zero-order valence-corrected chi connectivity index (χ0v) is 12.8.